The fourth-order valence-corrected chi connectivity index (χ4v) is 8.46. The number of hydrogen-bond acceptors (Lipinski definition) is 9. The van der Waals surface area contributed by atoms with Crippen LogP contribution in [0, 0.1) is 0 Å². The molecule has 13 nitrogen and oxygen atoms in total. The number of hydrogen-bond donors (Lipinski definition) is 5. The molecule has 3 atom stereocenters. The molecule has 1 saturated heterocycles. The number of esters is 1. The van der Waals surface area contributed by atoms with Gasteiger partial charge in [0.2, 0.25) is 11.8 Å². The van der Waals surface area contributed by atoms with Gasteiger partial charge >= 0.3 is 18.1 Å². The van der Waals surface area contributed by atoms with Crippen LogP contribution in [0.1, 0.15) is 51.7 Å². The summed E-state index contributed by atoms with van der Waals surface area (Å²) in [6.07, 6.45) is -2.64. The van der Waals surface area contributed by atoms with Crippen molar-refractivity contribution in [3.05, 3.63) is 65.9 Å². The number of likely N-dealkylation sites (tertiary alicyclic amines) is 1. The molecular formula is C34H42F3N5O8S. The Morgan fingerprint density at radius 1 is 1.08 bits per heavy atom. The van der Waals surface area contributed by atoms with E-state index in [1.54, 1.807) is 6.20 Å². The molecule has 2 aliphatic heterocycles. The van der Waals surface area contributed by atoms with Gasteiger partial charge in [-0.25, -0.2) is 13.2 Å². The van der Waals surface area contributed by atoms with Crippen LogP contribution < -0.4 is 16.4 Å². The molecule has 17 heteroatoms. The van der Waals surface area contributed by atoms with E-state index in [0.717, 1.165) is 34.8 Å². The number of amides is 2. The Hall–Kier alpha value is -4.64. The molecule has 2 aromatic carbocycles. The van der Waals surface area contributed by atoms with E-state index in [-0.39, 0.29) is 19.4 Å². The van der Waals surface area contributed by atoms with E-state index in [0.29, 0.717) is 13.0 Å². The molecule has 51 heavy (non-hydrogen) atoms. The zero-order valence-electron chi connectivity index (χ0n) is 28.8. The van der Waals surface area contributed by atoms with Crippen molar-refractivity contribution in [2.45, 2.75) is 80.3 Å². The highest BCUT2D eigenvalue weighted by molar-refractivity contribution is 7.94. The number of carboxylic acid groups (broad SMARTS) is 1. The average molecular weight is 738 g/mol. The standard InChI is InChI=1S/C32H41N5O6S.C2HF3O2/c1-30(2,33)28(39)36-25(16-20-18-34-23-12-8-6-10-21(20)23)27(38)37-15-14-32(19-35-24-13-9-7-11-22(24)32)17-26(37)44(41,42)31(3,4)29(40)43-5;3-2(4,5)1(6)7/h6-13,18,25-26,34-35H,14-17,19,33H2,1-5H3,(H,36,39);(H,6,7)/t25-,26?,32?;/m1./s1. The zero-order chi connectivity index (χ0) is 38.2. The summed E-state index contributed by atoms with van der Waals surface area (Å²) in [6, 6.07) is 14.2. The van der Waals surface area contributed by atoms with Gasteiger partial charge in [-0.2, -0.15) is 13.2 Å². The molecule has 3 heterocycles. The van der Waals surface area contributed by atoms with Gasteiger partial charge in [0.15, 0.2) is 14.6 Å². The van der Waals surface area contributed by atoms with Gasteiger partial charge in [-0.1, -0.05) is 36.4 Å². The van der Waals surface area contributed by atoms with Crippen LogP contribution in [-0.4, -0.2) is 95.2 Å². The number of fused-ring (bicyclic) bond motifs is 3. The Kier molecular flexibility index (Phi) is 10.9. The Bertz CT molecular complexity index is 1920. The first-order valence-electron chi connectivity index (χ1n) is 16.0. The van der Waals surface area contributed by atoms with Crippen LogP contribution in [0.15, 0.2) is 54.7 Å². The molecule has 0 aliphatic carbocycles. The van der Waals surface area contributed by atoms with E-state index < -0.39 is 66.9 Å². The van der Waals surface area contributed by atoms with Gasteiger partial charge in [0, 0.05) is 47.7 Å². The van der Waals surface area contributed by atoms with Crippen LogP contribution in [0.2, 0.25) is 0 Å². The number of aliphatic carboxylic acids is 1. The number of alkyl halides is 3. The van der Waals surface area contributed by atoms with Gasteiger partial charge < -0.3 is 36.1 Å². The van der Waals surface area contributed by atoms with Crippen molar-refractivity contribution in [3.63, 3.8) is 0 Å². The number of benzene rings is 2. The summed E-state index contributed by atoms with van der Waals surface area (Å²) in [5.41, 5.74) is 7.79. The Morgan fingerprint density at radius 2 is 1.69 bits per heavy atom. The maximum Gasteiger partial charge on any atom is 0.490 e. The summed E-state index contributed by atoms with van der Waals surface area (Å²) in [5, 5.41) is 12.9. The molecule has 2 unspecified atom stereocenters. The molecular weight excluding hydrogens is 695 g/mol. The van der Waals surface area contributed by atoms with Gasteiger partial charge in [0.1, 0.15) is 11.4 Å². The molecule has 5 rings (SSSR count). The summed E-state index contributed by atoms with van der Waals surface area (Å²) in [6.45, 7) is 6.29. The molecule has 2 aliphatic rings. The number of aromatic amines is 1. The summed E-state index contributed by atoms with van der Waals surface area (Å²) in [5.74, 6) is -4.78. The first-order chi connectivity index (χ1) is 23.6. The topological polar surface area (TPSA) is 201 Å². The molecule has 1 aromatic heterocycles. The monoisotopic (exact) mass is 737 g/mol. The fraction of sp³-hybridized carbons (Fsp3) is 0.471. The maximum atomic E-state index is 14.6. The minimum absolute atomic E-state index is 0.0711. The Morgan fingerprint density at radius 3 is 2.29 bits per heavy atom. The first-order valence-corrected chi connectivity index (χ1v) is 17.5. The van der Waals surface area contributed by atoms with Gasteiger partial charge in [0.25, 0.3) is 0 Å². The Labute approximate surface area is 293 Å². The van der Waals surface area contributed by atoms with Crippen LogP contribution in [0.5, 0.6) is 0 Å². The number of nitrogens with one attached hydrogen (secondary N) is 3. The Balaban J connectivity index is 0.000000755. The minimum atomic E-state index is -5.08. The van der Waals surface area contributed by atoms with Crippen LogP contribution in [0.3, 0.4) is 0 Å². The lowest BCUT2D eigenvalue weighted by Gasteiger charge is -2.47. The van der Waals surface area contributed by atoms with Crippen molar-refractivity contribution < 1.29 is 50.6 Å². The number of halogens is 3. The highest BCUT2D eigenvalue weighted by Gasteiger charge is 2.56. The van der Waals surface area contributed by atoms with Crippen LogP contribution in [0.25, 0.3) is 10.9 Å². The maximum absolute atomic E-state index is 14.6. The number of carbonyl (C=O) groups excluding carboxylic acids is 3. The number of sulfone groups is 1. The predicted molar refractivity (Wildman–Crippen MR) is 182 cm³/mol. The number of carbonyl (C=O) groups is 4. The van der Waals surface area contributed by atoms with Crippen molar-refractivity contribution >= 4 is 50.2 Å². The molecule has 2 amide bonds. The van der Waals surface area contributed by atoms with Crippen molar-refractivity contribution in [2.75, 3.05) is 25.5 Å². The highest BCUT2D eigenvalue weighted by Crippen LogP contribution is 2.48. The average Bonchev–Trinajstić information content (AvgIpc) is 3.64. The zero-order valence-corrected chi connectivity index (χ0v) is 29.6. The predicted octanol–water partition coefficient (Wildman–Crippen LogP) is 3.24. The second kappa shape index (κ2) is 14.2. The van der Waals surface area contributed by atoms with E-state index in [2.05, 4.69) is 15.6 Å². The van der Waals surface area contributed by atoms with Crippen molar-refractivity contribution in [3.8, 4) is 0 Å². The quantitative estimate of drug-likeness (QED) is 0.214. The number of H-pyrrole nitrogens is 1. The van der Waals surface area contributed by atoms with Crippen molar-refractivity contribution in [2.24, 2.45) is 5.73 Å². The van der Waals surface area contributed by atoms with Crippen LogP contribution in [-0.2, 0) is 45.6 Å². The number of piperidine rings is 1. The van der Waals surface area contributed by atoms with Gasteiger partial charge in [-0.05, 0) is 63.8 Å². The molecule has 0 bridgehead atoms. The molecule has 278 valence electrons. The summed E-state index contributed by atoms with van der Waals surface area (Å²) in [7, 11) is -3.22. The second-order valence-corrected chi connectivity index (χ2v) is 16.4. The third-order valence-corrected chi connectivity index (χ3v) is 12.1. The summed E-state index contributed by atoms with van der Waals surface area (Å²) < 4.78 is 63.6. The SMILES string of the molecule is COC(=O)C(C)(C)S(=O)(=O)C1CC2(CCN1C(=O)[C@@H](Cc1c[nH]c3ccccc13)NC(=O)C(C)(C)N)CNc1ccccc12.O=C(O)C(F)(F)F. The van der Waals surface area contributed by atoms with E-state index in [1.807, 2.05) is 48.5 Å². The number of ether oxygens (including phenoxy) is 1. The summed E-state index contributed by atoms with van der Waals surface area (Å²) >= 11 is 0. The number of nitrogens with zero attached hydrogens (tertiary/aromatic N) is 1. The second-order valence-electron chi connectivity index (χ2n) is 13.8. The molecule has 0 radical (unpaired) electrons. The number of methoxy groups -OCH3 is 1. The van der Waals surface area contributed by atoms with E-state index >= 15 is 0 Å². The number of anilines is 1. The molecule has 6 N–H and O–H groups in total. The molecule has 1 spiro atoms. The summed E-state index contributed by atoms with van der Waals surface area (Å²) in [4.78, 5) is 54.0. The number of para-hydroxylation sites is 2. The van der Waals surface area contributed by atoms with E-state index in [9.17, 15) is 36.0 Å². The smallest absolute Gasteiger partial charge is 0.475 e. The third-order valence-electron chi connectivity index (χ3n) is 9.42. The molecule has 0 saturated carbocycles. The van der Waals surface area contributed by atoms with Crippen LogP contribution >= 0.6 is 0 Å². The number of carboxylic acids is 1. The van der Waals surface area contributed by atoms with E-state index in [1.165, 1.54) is 32.6 Å². The van der Waals surface area contributed by atoms with Gasteiger partial charge in [0.05, 0.1) is 12.6 Å². The lowest BCUT2D eigenvalue weighted by atomic mass is 9.74. The fourth-order valence-electron chi connectivity index (χ4n) is 6.39. The lowest BCUT2D eigenvalue weighted by Crippen LogP contribution is -2.64. The van der Waals surface area contributed by atoms with Crippen molar-refractivity contribution in [1.29, 1.82) is 0 Å². The molecule has 3 aromatic rings. The largest absolute Gasteiger partial charge is 0.490 e. The third kappa shape index (κ3) is 7.83. The number of rotatable bonds is 8. The van der Waals surface area contributed by atoms with Gasteiger partial charge in [-0.3, -0.25) is 14.4 Å². The normalized spacial score (nSPS) is 19.7. The number of nitrogens with two attached hydrogens (primary N) is 1. The molecule has 1 fully saturated rings. The van der Waals surface area contributed by atoms with Crippen molar-refractivity contribution in [1.82, 2.24) is 15.2 Å². The first kappa shape index (κ1) is 39.2. The van der Waals surface area contributed by atoms with E-state index in [4.69, 9.17) is 20.4 Å². The number of aromatic nitrogens is 1. The lowest BCUT2D eigenvalue weighted by molar-refractivity contribution is -0.192. The van der Waals surface area contributed by atoms with Gasteiger partial charge in [-0.15, -0.1) is 0 Å². The van der Waals surface area contributed by atoms with Crippen LogP contribution in [0.4, 0.5) is 18.9 Å². The minimum Gasteiger partial charge on any atom is -0.475 e. The highest BCUT2D eigenvalue weighted by atomic mass is 32.2.